The van der Waals surface area contributed by atoms with Crippen molar-refractivity contribution in [3.8, 4) is 0 Å². The summed E-state index contributed by atoms with van der Waals surface area (Å²) in [6, 6.07) is 5.62. The fraction of sp³-hybridized carbons (Fsp3) is 0.308. The van der Waals surface area contributed by atoms with Gasteiger partial charge >= 0.3 is 11.9 Å². The number of hydrogen-bond donors (Lipinski definition) is 2. The maximum Gasteiger partial charge on any atom is 0.335 e. The molecule has 0 aromatic heterocycles. The minimum absolute atomic E-state index is 0.00998. The van der Waals surface area contributed by atoms with Gasteiger partial charge in [-0.05, 0) is 24.3 Å². The van der Waals surface area contributed by atoms with E-state index in [9.17, 15) is 14.4 Å². The number of nitrogens with zero attached hydrogens (tertiary/aromatic N) is 1. The normalized spacial score (nSPS) is 10.1. The standard InChI is InChI=1S/C13H15NO6/c1-20-8-11(15)14(7-6-12(16)17)10-4-2-9(3-5-10)13(18)19/h2-5H,6-8H2,1H3,(H,16,17)(H,18,19). The van der Waals surface area contributed by atoms with E-state index in [1.807, 2.05) is 0 Å². The molecule has 0 saturated heterocycles. The summed E-state index contributed by atoms with van der Waals surface area (Å²) in [6.45, 7) is -0.190. The molecule has 0 unspecified atom stereocenters. The number of hydrogen-bond acceptors (Lipinski definition) is 4. The van der Waals surface area contributed by atoms with Crippen LogP contribution >= 0.6 is 0 Å². The molecule has 108 valence electrons. The molecule has 20 heavy (non-hydrogen) atoms. The molecular weight excluding hydrogens is 266 g/mol. The zero-order chi connectivity index (χ0) is 15.1. The Bertz CT molecular complexity index is 496. The molecule has 1 amide bonds. The zero-order valence-corrected chi connectivity index (χ0v) is 10.9. The number of aromatic carboxylic acids is 1. The maximum absolute atomic E-state index is 11.9. The fourth-order valence-corrected chi connectivity index (χ4v) is 1.59. The van der Waals surface area contributed by atoms with Crippen molar-refractivity contribution in [2.24, 2.45) is 0 Å². The second-order valence-electron chi connectivity index (χ2n) is 3.97. The van der Waals surface area contributed by atoms with E-state index in [0.717, 1.165) is 0 Å². The van der Waals surface area contributed by atoms with Gasteiger partial charge in [-0.15, -0.1) is 0 Å². The number of rotatable bonds is 7. The lowest BCUT2D eigenvalue weighted by atomic mass is 10.2. The highest BCUT2D eigenvalue weighted by Gasteiger charge is 2.17. The van der Waals surface area contributed by atoms with Gasteiger partial charge in [0.05, 0.1) is 12.0 Å². The Hall–Kier alpha value is -2.41. The van der Waals surface area contributed by atoms with E-state index >= 15 is 0 Å². The SMILES string of the molecule is COCC(=O)N(CCC(=O)O)c1ccc(C(=O)O)cc1. The number of amides is 1. The molecule has 7 nitrogen and oxygen atoms in total. The monoisotopic (exact) mass is 281 g/mol. The number of carboxylic acid groups (broad SMARTS) is 2. The van der Waals surface area contributed by atoms with Crippen molar-refractivity contribution < 1.29 is 29.3 Å². The minimum atomic E-state index is -1.07. The fourth-order valence-electron chi connectivity index (χ4n) is 1.59. The summed E-state index contributed by atoms with van der Waals surface area (Å²) in [5.74, 6) is -2.49. The highest BCUT2D eigenvalue weighted by molar-refractivity contribution is 5.95. The van der Waals surface area contributed by atoms with Crippen LogP contribution in [0.5, 0.6) is 0 Å². The third kappa shape index (κ3) is 4.36. The van der Waals surface area contributed by atoms with Crippen LogP contribution in [0, 0.1) is 0 Å². The molecule has 7 heteroatoms. The van der Waals surface area contributed by atoms with Crippen molar-refractivity contribution in [2.45, 2.75) is 6.42 Å². The van der Waals surface area contributed by atoms with Crippen LogP contribution in [0.3, 0.4) is 0 Å². The highest BCUT2D eigenvalue weighted by atomic mass is 16.5. The van der Waals surface area contributed by atoms with Crippen LogP contribution in [-0.2, 0) is 14.3 Å². The average molecular weight is 281 g/mol. The Morgan fingerprint density at radius 1 is 1.15 bits per heavy atom. The molecule has 1 aromatic rings. The summed E-state index contributed by atoms with van der Waals surface area (Å²) in [5.41, 5.74) is 0.518. The molecule has 0 bridgehead atoms. The number of ether oxygens (including phenoxy) is 1. The molecule has 2 N–H and O–H groups in total. The zero-order valence-electron chi connectivity index (χ0n) is 10.9. The van der Waals surface area contributed by atoms with Crippen LogP contribution < -0.4 is 4.90 Å². The van der Waals surface area contributed by atoms with Gasteiger partial charge in [-0.25, -0.2) is 4.79 Å². The number of carbonyl (C=O) groups excluding carboxylic acids is 1. The molecule has 0 fully saturated rings. The van der Waals surface area contributed by atoms with Crippen LogP contribution in [0.4, 0.5) is 5.69 Å². The minimum Gasteiger partial charge on any atom is -0.481 e. The molecule has 0 aliphatic rings. The summed E-state index contributed by atoms with van der Waals surface area (Å²) in [6.07, 6.45) is -0.212. The third-order valence-corrected chi connectivity index (χ3v) is 2.54. The van der Waals surface area contributed by atoms with E-state index < -0.39 is 17.8 Å². The summed E-state index contributed by atoms with van der Waals surface area (Å²) >= 11 is 0. The van der Waals surface area contributed by atoms with Gasteiger partial charge < -0.3 is 19.8 Å². The van der Waals surface area contributed by atoms with E-state index in [0.29, 0.717) is 5.69 Å². The molecule has 0 saturated carbocycles. The van der Waals surface area contributed by atoms with Crippen molar-refractivity contribution in [1.29, 1.82) is 0 Å². The first-order chi connectivity index (χ1) is 9.45. The van der Waals surface area contributed by atoms with Crippen molar-refractivity contribution in [3.05, 3.63) is 29.8 Å². The lowest BCUT2D eigenvalue weighted by Gasteiger charge is -2.22. The van der Waals surface area contributed by atoms with Gasteiger partial charge in [-0.3, -0.25) is 9.59 Å². The molecular formula is C13H15NO6. The largest absolute Gasteiger partial charge is 0.481 e. The Morgan fingerprint density at radius 3 is 2.20 bits per heavy atom. The first-order valence-corrected chi connectivity index (χ1v) is 5.80. The van der Waals surface area contributed by atoms with Gasteiger partial charge in [-0.1, -0.05) is 0 Å². The number of benzene rings is 1. The number of methoxy groups -OCH3 is 1. The Labute approximate surface area is 115 Å². The maximum atomic E-state index is 11.9. The molecule has 1 aromatic carbocycles. The van der Waals surface area contributed by atoms with Crippen LogP contribution in [0.25, 0.3) is 0 Å². The smallest absolute Gasteiger partial charge is 0.335 e. The highest BCUT2D eigenvalue weighted by Crippen LogP contribution is 2.16. The Kier molecular flexibility index (Phi) is 5.67. The van der Waals surface area contributed by atoms with E-state index in [2.05, 4.69) is 0 Å². The summed E-state index contributed by atoms with van der Waals surface area (Å²) in [5, 5.41) is 17.5. The third-order valence-electron chi connectivity index (χ3n) is 2.54. The Morgan fingerprint density at radius 2 is 1.75 bits per heavy atom. The van der Waals surface area contributed by atoms with Gasteiger partial charge in [0.1, 0.15) is 6.61 Å². The van der Waals surface area contributed by atoms with Crippen LogP contribution in [0.2, 0.25) is 0 Å². The van der Waals surface area contributed by atoms with Crippen LogP contribution in [0.15, 0.2) is 24.3 Å². The average Bonchev–Trinajstić information content (AvgIpc) is 2.39. The van der Waals surface area contributed by atoms with Gasteiger partial charge in [0, 0.05) is 19.3 Å². The van der Waals surface area contributed by atoms with E-state index in [1.54, 1.807) is 0 Å². The molecule has 1 rings (SSSR count). The molecule has 0 spiro atoms. The van der Waals surface area contributed by atoms with Gasteiger partial charge in [0.15, 0.2) is 0 Å². The molecule has 0 radical (unpaired) electrons. The first-order valence-electron chi connectivity index (χ1n) is 5.80. The second-order valence-corrected chi connectivity index (χ2v) is 3.97. The van der Waals surface area contributed by atoms with Crippen LogP contribution in [0.1, 0.15) is 16.8 Å². The number of aliphatic carboxylic acids is 1. The Balaban J connectivity index is 2.93. The summed E-state index contributed by atoms with van der Waals surface area (Å²) in [4.78, 5) is 34.5. The quantitative estimate of drug-likeness (QED) is 0.767. The topological polar surface area (TPSA) is 104 Å². The van der Waals surface area contributed by atoms with Gasteiger partial charge in [0.25, 0.3) is 5.91 Å². The predicted molar refractivity (Wildman–Crippen MR) is 69.9 cm³/mol. The van der Waals surface area contributed by atoms with Crippen molar-refractivity contribution in [1.82, 2.24) is 0 Å². The van der Waals surface area contributed by atoms with Crippen molar-refractivity contribution in [3.63, 3.8) is 0 Å². The number of anilines is 1. The predicted octanol–water partition coefficient (Wildman–Crippen LogP) is 0.839. The first kappa shape index (κ1) is 15.6. The number of carbonyl (C=O) groups is 3. The lowest BCUT2D eigenvalue weighted by Crippen LogP contribution is -2.35. The summed E-state index contributed by atoms with van der Waals surface area (Å²) in [7, 11) is 1.36. The van der Waals surface area contributed by atoms with Gasteiger partial charge in [-0.2, -0.15) is 0 Å². The molecule has 0 heterocycles. The van der Waals surface area contributed by atoms with Gasteiger partial charge in [0.2, 0.25) is 0 Å². The second kappa shape index (κ2) is 7.25. The molecule has 0 aliphatic heterocycles. The van der Waals surface area contributed by atoms with Crippen molar-refractivity contribution in [2.75, 3.05) is 25.2 Å². The van der Waals surface area contributed by atoms with E-state index in [4.69, 9.17) is 14.9 Å². The molecule has 0 aliphatic carbocycles. The van der Waals surface area contributed by atoms with Crippen LogP contribution in [-0.4, -0.2) is 48.3 Å². The number of carboxylic acids is 2. The lowest BCUT2D eigenvalue weighted by molar-refractivity contribution is -0.136. The van der Waals surface area contributed by atoms with E-state index in [1.165, 1.54) is 36.3 Å². The molecule has 0 atom stereocenters. The van der Waals surface area contributed by atoms with E-state index in [-0.39, 0.29) is 25.1 Å². The van der Waals surface area contributed by atoms with Crippen molar-refractivity contribution >= 4 is 23.5 Å². The summed E-state index contributed by atoms with van der Waals surface area (Å²) < 4.78 is 4.74.